The van der Waals surface area contributed by atoms with Crippen molar-refractivity contribution in [1.82, 2.24) is 15.3 Å². The Balaban J connectivity index is 1.54. The fraction of sp³-hybridized carbons (Fsp3) is 0.179. The van der Waals surface area contributed by atoms with E-state index in [1.165, 1.54) is 0 Å². The average molecular weight is 469 g/mol. The summed E-state index contributed by atoms with van der Waals surface area (Å²) in [6, 6.07) is 27.1. The van der Waals surface area contributed by atoms with Crippen LogP contribution in [0.4, 0.5) is 5.95 Å². The van der Waals surface area contributed by atoms with Crippen molar-refractivity contribution >= 4 is 11.9 Å². The van der Waals surface area contributed by atoms with E-state index in [1.807, 2.05) is 84.7 Å². The molecule has 0 spiro atoms. The molecular formula is C28H28N4O3. The first-order valence-corrected chi connectivity index (χ1v) is 11.4. The van der Waals surface area contributed by atoms with Gasteiger partial charge >= 0.3 is 0 Å². The lowest BCUT2D eigenvalue weighted by molar-refractivity contribution is 0.0947. The van der Waals surface area contributed by atoms with Crippen molar-refractivity contribution < 1.29 is 14.3 Å². The Morgan fingerprint density at radius 3 is 2.40 bits per heavy atom. The van der Waals surface area contributed by atoms with Crippen LogP contribution in [0.3, 0.4) is 0 Å². The molecule has 0 aliphatic rings. The Morgan fingerprint density at radius 2 is 1.66 bits per heavy atom. The maximum Gasteiger partial charge on any atom is 0.255 e. The highest BCUT2D eigenvalue weighted by Gasteiger charge is 2.18. The predicted octanol–water partition coefficient (Wildman–Crippen LogP) is 4.60. The molecule has 4 rings (SSSR count). The van der Waals surface area contributed by atoms with E-state index in [1.54, 1.807) is 13.3 Å². The highest BCUT2D eigenvalue weighted by molar-refractivity contribution is 5.99. The van der Waals surface area contributed by atoms with Gasteiger partial charge < -0.3 is 19.7 Å². The van der Waals surface area contributed by atoms with Crippen LogP contribution in [0.5, 0.6) is 11.5 Å². The van der Waals surface area contributed by atoms with Gasteiger partial charge in [0.1, 0.15) is 18.1 Å². The molecule has 178 valence electrons. The number of carbonyl (C=O) groups is 1. The number of amides is 1. The summed E-state index contributed by atoms with van der Waals surface area (Å²) in [7, 11) is 3.54. The molecule has 3 aromatic carbocycles. The van der Waals surface area contributed by atoms with Gasteiger partial charge in [-0.3, -0.25) is 4.79 Å². The molecule has 0 radical (unpaired) electrons. The largest absolute Gasteiger partial charge is 0.497 e. The summed E-state index contributed by atoms with van der Waals surface area (Å²) in [6.45, 7) is 1.34. The summed E-state index contributed by atoms with van der Waals surface area (Å²) in [5.74, 6) is 1.70. The minimum absolute atomic E-state index is 0.267. The van der Waals surface area contributed by atoms with Gasteiger partial charge in [0.05, 0.1) is 24.9 Å². The van der Waals surface area contributed by atoms with E-state index < -0.39 is 0 Å². The maximum absolute atomic E-state index is 13.1. The highest BCUT2D eigenvalue weighted by Crippen LogP contribution is 2.27. The third-order valence-corrected chi connectivity index (χ3v) is 5.37. The maximum atomic E-state index is 13.1. The van der Waals surface area contributed by atoms with Gasteiger partial charge in [0, 0.05) is 25.4 Å². The lowest BCUT2D eigenvalue weighted by Crippen LogP contribution is -2.29. The van der Waals surface area contributed by atoms with Crippen molar-refractivity contribution in [3.05, 3.63) is 102 Å². The molecule has 7 nitrogen and oxygen atoms in total. The third-order valence-electron chi connectivity index (χ3n) is 5.37. The monoisotopic (exact) mass is 468 g/mol. The number of aromatic nitrogens is 2. The molecule has 0 aliphatic heterocycles. The molecule has 1 N–H and O–H groups in total. The van der Waals surface area contributed by atoms with Gasteiger partial charge in [-0.1, -0.05) is 60.7 Å². The zero-order valence-electron chi connectivity index (χ0n) is 19.8. The number of hydrogen-bond acceptors (Lipinski definition) is 6. The van der Waals surface area contributed by atoms with Gasteiger partial charge in [-0.15, -0.1) is 0 Å². The predicted molar refractivity (Wildman–Crippen MR) is 137 cm³/mol. The van der Waals surface area contributed by atoms with Crippen molar-refractivity contribution in [1.29, 1.82) is 0 Å². The minimum Gasteiger partial charge on any atom is -0.497 e. The second-order valence-electron chi connectivity index (χ2n) is 7.92. The van der Waals surface area contributed by atoms with E-state index >= 15 is 0 Å². The number of anilines is 1. The van der Waals surface area contributed by atoms with E-state index in [0.29, 0.717) is 42.7 Å². The number of nitrogens with one attached hydrogen (secondary N) is 1. The molecule has 35 heavy (non-hydrogen) atoms. The molecule has 0 unspecified atom stereocenters. The van der Waals surface area contributed by atoms with Crippen molar-refractivity contribution in [2.75, 3.05) is 32.2 Å². The summed E-state index contributed by atoms with van der Waals surface area (Å²) >= 11 is 0. The molecule has 1 heterocycles. The summed E-state index contributed by atoms with van der Waals surface area (Å²) in [5.41, 5.74) is 2.83. The summed E-state index contributed by atoms with van der Waals surface area (Å²) in [4.78, 5) is 24.3. The SMILES string of the molecule is COc1cccc(-c2nc(N(C)Cc3ccccc3)ncc2C(=O)NCCOc2ccccc2)c1. The Morgan fingerprint density at radius 1 is 0.943 bits per heavy atom. The molecule has 7 heteroatoms. The first kappa shape index (κ1) is 23.8. The molecular weight excluding hydrogens is 440 g/mol. The van der Waals surface area contributed by atoms with E-state index in [4.69, 9.17) is 14.5 Å². The van der Waals surface area contributed by atoms with Crippen molar-refractivity contribution in [2.45, 2.75) is 6.54 Å². The number of methoxy groups -OCH3 is 1. The van der Waals surface area contributed by atoms with Crippen LogP contribution < -0.4 is 19.7 Å². The van der Waals surface area contributed by atoms with E-state index in [9.17, 15) is 4.79 Å². The smallest absolute Gasteiger partial charge is 0.255 e. The third kappa shape index (κ3) is 6.35. The first-order chi connectivity index (χ1) is 17.1. The second kappa shape index (κ2) is 11.7. The van der Waals surface area contributed by atoms with E-state index in [0.717, 1.165) is 16.9 Å². The standard InChI is InChI=1S/C28H28N4O3/c1-32(20-21-10-5-3-6-11-21)28-30-19-25(26(31-28)22-12-9-15-24(18-22)34-2)27(33)29-16-17-35-23-13-7-4-8-14-23/h3-15,18-19H,16-17,20H2,1-2H3,(H,29,33). The molecule has 1 aromatic heterocycles. The average Bonchev–Trinajstić information content (AvgIpc) is 2.92. The van der Waals surface area contributed by atoms with Gasteiger partial charge in [-0.05, 0) is 29.8 Å². The van der Waals surface area contributed by atoms with Crippen LogP contribution in [0, 0.1) is 0 Å². The topological polar surface area (TPSA) is 76.6 Å². The van der Waals surface area contributed by atoms with Gasteiger partial charge in [-0.2, -0.15) is 0 Å². The lowest BCUT2D eigenvalue weighted by Gasteiger charge is -2.19. The van der Waals surface area contributed by atoms with E-state index in [-0.39, 0.29) is 5.91 Å². The van der Waals surface area contributed by atoms with Crippen LogP contribution in [0.15, 0.2) is 91.1 Å². The fourth-order valence-corrected chi connectivity index (χ4v) is 3.59. The Hall–Kier alpha value is -4.39. The van der Waals surface area contributed by atoms with Gasteiger partial charge in [0.2, 0.25) is 5.95 Å². The van der Waals surface area contributed by atoms with Crippen LogP contribution in [0.1, 0.15) is 15.9 Å². The fourth-order valence-electron chi connectivity index (χ4n) is 3.59. The number of carbonyl (C=O) groups excluding carboxylic acids is 1. The molecule has 0 bridgehead atoms. The normalized spacial score (nSPS) is 10.5. The van der Waals surface area contributed by atoms with Crippen LogP contribution >= 0.6 is 0 Å². The van der Waals surface area contributed by atoms with Crippen LogP contribution in [0.2, 0.25) is 0 Å². The summed E-state index contributed by atoms with van der Waals surface area (Å²) in [5, 5.41) is 2.91. The summed E-state index contributed by atoms with van der Waals surface area (Å²) < 4.78 is 11.1. The highest BCUT2D eigenvalue weighted by atomic mass is 16.5. The summed E-state index contributed by atoms with van der Waals surface area (Å²) in [6.07, 6.45) is 1.58. The number of ether oxygens (including phenoxy) is 2. The molecule has 0 fully saturated rings. The molecule has 4 aromatic rings. The van der Waals surface area contributed by atoms with Gasteiger partial charge in [-0.25, -0.2) is 9.97 Å². The first-order valence-electron chi connectivity index (χ1n) is 11.4. The van der Waals surface area contributed by atoms with E-state index in [2.05, 4.69) is 22.4 Å². The van der Waals surface area contributed by atoms with Crippen LogP contribution in [0.25, 0.3) is 11.3 Å². The zero-order chi connectivity index (χ0) is 24.5. The second-order valence-corrected chi connectivity index (χ2v) is 7.92. The molecule has 0 saturated carbocycles. The number of benzene rings is 3. The quantitative estimate of drug-likeness (QED) is 0.343. The number of hydrogen-bond donors (Lipinski definition) is 1. The number of para-hydroxylation sites is 1. The van der Waals surface area contributed by atoms with Crippen molar-refractivity contribution in [3.8, 4) is 22.8 Å². The van der Waals surface area contributed by atoms with Gasteiger partial charge in [0.25, 0.3) is 5.91 Å². The number of nitrogens with zero attached hydrogens (tertiary/aromatic N) is 3. The lowest BCUT2D eigenvalue weighted by atomic mass is 10.1. The van der Waals surface area contributed by atoms with Crippen LogP contribution in [-0.2, 0) is 6.54 Å². The Bertz CT molecular complexity index is 1250. The van der Waals surface area contributed by atoms with Gasteiger partial charge in [0.15, 0.2) is 0 Å². The Kier molecular flexibility index (Phi) is 7.91. The molecule has 0 saturated heterocycles. The van der Waals surface area contributed by atoms with Crippen molar-refractivity contribution in [3.63, 3.8) is 0 Å². The number of rotatable bonds is 10. The molecule has 0 aliphatic carbocycles. The zero-order valence-corrected chi connectivity index (χ0v) is 19.8. The Labute approximate surface area is 205 Å². The minimum atomic E-state index is -0.267. The van der Waals surface area contributed by atoms with Crippen molar-refractivity contribution in [2.24, 2.45) is 0 Å². The molecule has 0 atom stereocenters. The molecule has 1 amide bonds. The van der Waals surface area contributed by atoms with Crippen LogP contribution in [-0.4, -0.2) is 43.2 Å².